The van der Waals surface area contributed by atoms with Gasteiger partial charge in [-0.2, -0.15) is 0 Å². The van der Waals surface area contributed by atoms with E-state index in [1.165, 1.54) is 12.1 Å². The summed E-state index contributed by atoms with van der Waals surface area (Å²) in [7, 11) is -3.24. The van der Waals surface area contributed by atoms with Crippen LogP contribution in [0.4, 0.5) is 4.39 Å². The van der Waals surface area contributed by atoms with Crippen LogP contribution < -0.4 is 0 Å². The minimum Gasteiger partial charge on any atom is -0.372 e. The summed E-state index contributed by atoms with van der Waals surface area (Å²) in [6.07, 6.45) is 1.73. The molecular formula is C20H25FO3S. The molecule has 2 aromatic rings. The molecule has 2 rings (SSSR count). The van der Waals surface area contributed by atoms with E-state index in [0.717, 1.165) is 24.0 Å². The van der Waals surface area contributed by atoms with E-state index in [1.54, 1.807) is 36.4 Å². The van der Waals surface area contributed by atoms with Gasteiger partial charge in [0.25, 0.3) is 0 Å². The molecule has 0 aromatic heterocycles. The van der Waals surface area contributed by atoms with Crippen LogP contribution in [0, 0.1) is 11.7 Å². The van der Waals surface area contributed by atoms with Crippen molar-refractivity contribution in [2.45, 2.75) is 44.8 Å². The Morgan fingerprint density at radius 3 is 1.84 bits per heavy atom. The largest absolute Gasteiger partial charge is 0.372 e. The molecule has 0 heterocycles. The molecule has 0 unspecified atom stereocenters. The van der Waals surface area contributed by atoms with Crippen LogP contribution in [0.3, 0.4) is 0 Å². The predicted molar refractivity (Wildman–Crippen MR) is 97.5 cm³/mol. The zero-order chi connectivity index (χ0) is 18.3. The number of sulfone groups is 1. The number of hydrogen-bond donors (Lipinski definition) is 0. The summed E-state index contributed by atoms with van der Waals surface area (Å²) in [5.74, 6) is 0.123. The second kappa shape index (κ2) is 9.11. The molecule has 0 saturated carbocycles. The minimum absolute atomic E-state index is 0.195. The van der Waals surface area contributed by atoms with Crippen LogP contribution >= 0.6 is 0 Å². The molecule has 0 aliphatic rings. The van der Waals surface area contributed by atoms with E-state index in [2.05, 4.69) is 0 Å². The SMILES string of the molecule is CCC(CC)CS(=O)(=O)c1ccc(COCc2ccc(F)cc2)cc1. The van der Waals surface area contributed by atoms with Crippen LogP contribution in [-0.2, 0) is 27.8 Å². The first-order valence-corrected chi connectivity index (χ1v) is 10.2. The van der Waals surface area contributed by atoms with Crippen LogP contribution in [0.1, 0.15) is 37.8 Å². The summed E-state index contributed by atoms with van der Waals surface area (Å²) in [6, 6.07) is 13.0. The second-order valence-electron chi connectivity index (χ2n) is 6.23. The molecule has 0 saturated heterocycles. The minimum atomic E-state index is -3.24. The van der Waals surface area contributed by atoms with Crippen LogP contribution in [0.2, 0.25) is 0 Å². The van der Waals surface area contributed by atoms with E-state index in [0.29, 0.717) is 18.1 Å². The van der Waals surface area contributed by atoms with E-state index >= 15 is 0 Å². The number of ether oxygens (including phenoxy) is 1. The van der Waals surface area contributed by atoms with Gasteiger partial charge in [-0.15, -0.1) is 0 Å². The first kappa shape index (κ1) is 19.6. The van der Waals surface area contributed by atoms with Crippen molar-refractivity contribution in [1.29, 1.82) is 0 Å². The molecule has 0 radical (unpaired) electrons. The maximum Gasteiger partial charge on any atom is 0.178 e. The maximum absolute atomic E-state index is 12.8. The first-order valence-electron chi connectivity index (χ1n) is 8.58. The summed E-state index contributed by atoms with van der Waals surface area (Å²) in [4.78, 5) is 0.363. The molecule has 0 spiro atoms. The summed E-state index contributed by atoms with van der Waals surface area (Å²) in [5.41, 5.74) is 1.80. The van der Waals surface area contributed by atoms with Gasteiger partial charge in [-0.1, -0.05) is 51.0 Å². The van der Waals surface area contributed by atoms with Crippen molar-refractivity contribution >= 4 is 9.84 Å². The van der Waals surface area contributed by atoms with Crippen LogP contribution in [0.15, 0.2) is 53.4 Å². The van der Waals surface area contributed by atoms with Crippen LogP contribution in [-0.4, -0.2) is 14.2 Å². The normalized spacial score (nSPS) is 11.8. The van der Waals surface area contributed by atoms with Gasteiger partial charge in [0.1, 0.15) is 5.82 Å². The van der Waals surface area contributed by atoms with Gasteiger partial charge in [-0.3, -0.25) is 0 Å². The standard InChI is InChI=1S/C20H25FO3S/c1-3-16(4-2)15-25(22,23)20-11-7-18(8-12-20)14-24-13-17-5-9-19(21)10-6-17/h5-12,16H,3-4,13-15H2,1-2H3. The van der Waals surface area contributed by atoms with Gasteiger partial charge in [-0.25, -0.2) is 12.8 Å². The highest BCUT2D eigenvalue weighted by molar-refractivity contribution is 7.91. The molecule has 0 atom stereocenters. The third kappa shape index (κ3) is 5.94. The topological polar surface area (TPSA) is 43.4 Å². The van der Waals surface area contributed by atoms with Gasteiger partial charge in [0.15, 0.2) is 9.84 Å². The zero-order valence-electron chi connectivity index (χ0n) is 14.7. The average Bonchev–Trinajstić information content (AvgIpc) is 2.62. The van der Waals surface area contributed by atoms with Gasteiger partial charge in [0, 0.05) is 0 Å². The third-order valence-corrected chi connectivity index (χ3v) is 6.24. The molecule has 0 aliphatic carbocycles. The molecule has 2 aromatic carbocycles. The highest BCUT2D eigenvalue weighted by Crippen LogP contribution is 2.19. The number of rotatable bonds is 9. The van der Waals surface area contributed by atoms with Crippen molar-refractivity contribution in [3.05, 3.63) is 65.5 Å². The lowest BCUT2D eigenvalue weighted by atomic mass is 10.1. The molecule has 25 heavy (non-hydrogen) atoms. The van der Waals surface area contributed by atoms with Gasteiger partial charge in [-0.05, 0) is 41.3 Å². The fraction of sp³-hybridized carbons (Fsp3) is 0.400. The lowest BCUT2D eigenvalue weighted by molar-refractivity contribution is 0.107. The number of benzene rings is 2. The fourth-order valence-electron chi connectivity index (χ4n) is 2.59. The summed E-state index contributed by atoms with van der Waals surface area (Å²) in [5, 5.41) is 0. The molecule has 0 aliphatic heterocycles. The maximum atomic E-state index is 12.8. The molecule has 5 heteroatoms. The van der Waals surface area contributed by atoms with Crippen molar-refractivity contribution in [2.24, 2.45) is 5.92 Å². The van der Waals surface area contributed by atoms with E-state index in [9.17, 15) is 12.8 Å². The van der Waals surface area contributed by atoms with E-state index < -0.39 is 9.84 Å². The van der Waals surface area contributed by atoms with Crippen LogP contribution in [0.25, 0.3) is 0 Å². The van der Waals surface area contributed by atoms with Crippen molar-refractivity contribution in [2.75, 3.05) is 5.75 Å². The summed E-state index contributed by atoms with van der Waals surface area (Å²) < 4.78 is 43.3. The van der Waals surface area contributed by atoms with E-state index in [4.69, 9.17) is 4.74 Å². The summed E-state index contributed by atoms with van der Waals surface area (Å²) in [6.45, 7) is 4.80. The molecule has 0 N–H and O–H groups in total. The van der Waals surface area contributed by atoms with Crippen LogP contribution in [0.5, 0.6) is 0 Å². The summed E-state index contributed by atoms with van der Waals surface area (Å²) >= 11 is 0. The van der Waals surface area contributed by atoms with E-state index in [-0.39, 0.29) is 17.5 Å². The highest BCUT2D eigenvalue weighted by Gasteiger charge is 2.19. The molecule has 3 nitrogen and oxygen atoms in total. The van der Waals surface area contributed by atoms with Crippen molar-refractivity contribution in [3.8, 4) is 0 Å². The van der Waals surface area contributed by atoms with Gasteiger partial charge >= 0.3 is 0 Å². The average molecular weight is 364 g/mol. The predicted octanol–water partition coefficient (Wildman–Crippen LogP) is 4.75. The molecular weight excluding hydrogens is 339 g/mol. The Morgan fingerprint density at radius 1 is 0.880 bits per heavy atom. The number of halogens is 1. The Morgan fingerprint density at radius 2 is 1.36 bits per heavy atom. The van der Waals surface area contributed by atoms with Crippen molar-refractivity contribution < 1.29 is 17.5 Å². The lowest BCUT2D eigenvalue weighted by Gasteiger charge is -2.13. The smallest absolute Gasteiger partial charge is 0.178 e. The second-order valence-corrected chi connectivity index (χ2v) is 8.26. The Balaban J connectivity index is 1.91. The van der Waals surface area contributed by atoms with Crippen molar-refractivity contribution in [1.82, 2.24) is 0 Å². The quantitative estimate of drug-likeness (QED) is 0.645. The Kier molecular flexibility index (Phi) is 7.14. The van der Waals surface area contributed by atoms with Gasteiger partial charge < -0.3 is 4.74 Å². The number of hydrogen-bond acceptors (Lipinski definition) is 3. The zero-order valence-corrected chi connectivity index (χ0v) is 15.6. The van der Waals surface area contributed by atoms with Crippen molar-refractivity contribution in [3.63, 3.8) is 0 Å². The van der Waals surface area contributed by atoms with Gasteiger partial charge in [0.2, 0.25) is 0 Å². The monoisotopic (exact) mass is 364 g/mol. The Labute approximate surface area is 149 Å². The molecule has 0 amide bonds. The molecule has 0 fully saturated rings. The molecule has 136 valence electrons. The van der Waals surface area contributed by atoms with E-state index in [1.807, 2.05) is 13.8 Å². The fourth-order valence-corrected chi connectivity index (χ4v) is 4.43. The molecule has 0 bridgehead atoms. The van der Waals surface area contributed by atoms with Gasteiger partial charge in [0.05, 0.1) is 23.9 Å². The highest BCUT2D eigenvalue weighted by atomic mass is 32.2. The first-order chi connectivity index (χ1) is 11.9. The Hall–Kier alpha value is -1.72. The third-order valence-electron chi connectivity index (χ3n) is 4.34. The lowest BCUT2D eigenvalue weighted by Crippen LogP contribution is -2.15. The Bertz CT molecular complexity index is 749.